The highest BCUT2D eigenvalue weighted by Crippen LogP contribution is 2.29. The Hall–Kier alpha value is -0.350. The van der Waals surface area contributed by atoms with Crippen LogP contribution in [0.3, 0.4) is 0 Å². The predicted octanol–water partition coefficient (Wildman–Crippen LogP) is 3.71. The van der Waals surface area contributed by atoms with Crippen LogP contribution < -0.4 is 0 Å². The molecule has 0 unspecified atom stereocenters. The molecule has 0 saturated heterocycles. The Kier molecular flexibility index (Phi) is 4.20. The Morgan fingerprint density at radius 2 is 2.20 bits per heavy atom. The molecule has 1 saturated carbocycles. The molecule has 2 nitrogen and oxygen atoms in total. The van der Waals surface area contributed by atoms with E-state index in [9.17, 15) is 0 Å². The molecule has 0 aromatic carbocycles. The lowest BCUT2D eigenvalue weighted by Crippen LogP contribution is -2.08. The number of H-pyrrole nitrogens is 1. The van der Waals surface area contributed by atoms with Crippen molar-refractivity contribution >= 4 is 24.0 Å². The number of rotatable bonds is 3. The summed E-state index contributed by atoms with van der Waals surface area (Å²) in [5, 5.41) is 0.836. The first-order valence-electron chi connectivity index (χ1n) is 5.50. The number of aromatic amines is 1. The molecular weight excluding hydrogens is 224 g/mol. The van der Waals surface area contributed by atoms with Crippen molar-refractivity contribution in [1.82, 2.24) is 9.97 Å². The van der Waals surface area contributed by atoms with Gasteiger partial charge in [0.25, 0.3) is 0 Å². The van der Waals surface area contributed by atoms with Gasteiger partial charge >= 0.3 is 0 Å². The lowest BCUT2D eigenvalue weighted by Gasteiger charge is -2.20. The summed E-state index contributed by atoms with van der Waals surface area (Å²) in [5.41, 5.74) is 0. The molecule has 1 aliphatic carbocycles. The van der Waals surface area contributed by atoms with Crippen LogP contribution in [-0.2, 0) is 5.75 Å². The van der Waals surface area contributed by atoms with Gasteiger partial charge in [0.05, 0.1) is 5.75 Å². The summed E-state index contributed by atoms with van der Waals surface area (Å²) in [7, 11) is 0. The summed E-state index contributed by atoms with van der Waals surface area (Å²) < 4.78 is 0.782. The van der Waals surface area contributed by atoms with Crippen molar-refractivity contribution in [1.29, 1.82) is 0 Å². The molecule has 0 amide bonds. The fourth-order valence-corrected chi connectivity index (χ4v) is 3.30. The zero-order chi connectivity index (χ0) is 10.5. The zero-order valence-electron chi connectivity index (χ0n) is 8.74. The second-order valence-electron chi connectivity index (χ2n) is 3.95. The smallest absolute Gasteiger partial charge is 0.117 e. The fraction of sp³-hybridized carbons (Fsp3) is 0.636. The minimum atomic E-state index is 0.782. The number of nitrogens with one attached hydrogen (secondary N) is 1. The molecule has 4 heteroatoms. The van der Waals surface area contributed by atoms with E-state index >= 15 is 0 Å². The van der Waals surface area contributed by atoms with Gasteiger partial charge in [0.1, 0.15) is 10.5 Å². The van der Waals surface area contributed by atoms with Gasteiger partial charge in [-0.3, -0.25) is 0 Å². The Labute approximate surface area is 99.9 Å². The van der Waals surface area contributed by atoms with E-state index in [0.717, 1.165) is 21.5 Å². The molecule has 0 radical (unpaired) electrons. The highest BCUT2D eigenvalue weighted by Gasteiger charge is 2.13. The second kappa shape index (κ2) is 5.66. The van der Waals surface area contributed by atoms with Crippen LogP contribution in [0.4, 0.5) is 0 Å². The molecule has 2 rings (SSSR count). The van der Waals surface area contributed by atoms with Gasteiger partial charge in [-0.05, 0) is 18.9 Å². The van der Waals surface area contributed by atoms with E-state index in [0.29, 0.717) is 0 Å². The quantitative estimate of drug-likeness (QED) is 0.817. The van der Waals surface area contributed by atoms with Gasteiger partial charge in [-0.2, -0.15) is 11.8 Å². The third-order valence-corrected chi connectivity index (χ3v) is 4.35. The van der Waals surface area contributed by atoms with Crippen LogP contribution in [0, 0.1) is 4.64 Å². The lowest BCUT2D eigenvalue weighted by atomic mass is 10.0. The first-order valence-corrected chi connectivity index (χ1v) is 6.96. The molecule has 82 valence electrons. The maximum absolute atomic E-state index is 5.07. The molecule has 0 atom stereocenters. The lowest BCUT2D eigenvalue weighted by molar-refractivity contribution is 0.516. The van der Waals surface area contributed by atoms with Crippen molar-refractivity contribution in [2.24, 2.45) is 0 Å². The molecule has 1 fully saturated rings. The molecule has 1 aromatic heterocycles. The summed E-state index contributed by atoms with van der Waals surface area (Å²) >= 11 is 7.08. The minimum Gasteiger partial charge on any atom is -0.334 e. The van der Waals surface area contributed by atoms with E-state index in [1.54, 1.807) is 6.20 Å². The molecule has 1 aromatic rings. The molecule has 1 N–H and O–H groups in total. The van der Waals surface area contributed by atoms with Crippen LogP contribution in [0.2, 0.25) is 0 Å². The number of nitrogens with zero attached hydrogens (tertiary/aromatic N) is 1. The molecule has 15 heavy (non-hydrogen) atoms. The van der Waals surface area contributed by atoms with Gasteiger partial charge in [0, 0.05) is 11.4 Å². The van der Waals surface area contributed by atoms with Crippen molar-refractivity contribution in [2.45, 2.75) is 43.1 Å². The second-order valence-corrected chi connectivity index (χ2v) is 5.68. The first kappa shape index (κ1) is 11.1. The van der Waals surface area contributed by atoms with Crippen molar-refractivity contribution in [3.05, 3.63) is 22.7 Å². The Morgan fingerprint density at radius 1 is 1.40 bits per heavy atom. The van der Waals surface area contributed by atoms with E-state index in [4.69, 9.17) is 12.2 Å². The molecule has 1 aliphatic rings. The molecule has 0 bridgehead atoms. The maximum Gasteiger partial charge on any atom is 0.117 e. The molecule has 1 heterocycles. The van der Waals surface area contributed by atoms with Crippen LogP contribution in [0.5, 0.6) is 0 Å². The summed E-state index contributed by atoms with van der Waals surface area (Å²) in [5.74, 6) is 1.98. The summed E-state index contributed by atoms with van der Waals surface area (Å²) in [6, 6.07) is 1.82. The fourth-order valence-electron chi connectivity index (χ4n) is 1.91. The molecule has 0 aliphatic heterocycles. The highest BCUT2D eigenvalue weighted by atomic mass is 32.2. The van der Waals surface area contributed by atoms with Gasteiger partial charge in [-0.25, -0.2) is 4.98 Å². The van der Waals surface area contributed by atoms with Gasteiger partial charge < -0.3 is 4.98 Å². The van der Waals surface area contributed by atoms with Crippen LogP contribution in [0.15, 0.2) is 12.3 Å². The number of thioether (sulfide) groups is 1. The van der Waals surface area contributed by atoms with Gasteiger partial charge in [-0.15, -0.1) is 0 Å². The standard InChI is InChI=1S/C11H16N2S2/c14-11-6-7-12-10(13-11)8-15-9-4-2-1-3-5-9/h6-7,9H,1-5,8H2,(H,12,13,14). The zero-order valence-corrected chi connectivity index (χ0v) is 10.4. The van der Waals surface area contributed by atoms with E-state index in [-0.39, 0.29) is 0 Å². The molecular formula is C11H16N2S2. The number of aromatic nitrogens is 2. The largest absolute Gasteiger partial charge is 0.334 e. The molecule has 0 spiro atoms. The van der Waals surface area contributed by atoms with Crippen molar-refractivity contribution < 1.29 is 0 Å². The average Bonchev–Trinajstić information content (AvgIpc) is 2.28. The van der Waals surface area contributed by atoms with E-state index in [1.165, 1.54) is 32.1 Å². The minimum absolute atomic E-state index is 0.782. The van der Waals surface area contributed by atoms with Gasteiger partial charge in [0.2, 0.25) is 0 Å². The first-order chi connectivity index (χ1) is 7.34. The van der Waals surface area contributed by atoms with Crippen LogP contribution in [0.1, 0.15) is 37.9 Å². The van der Waals surface area contributed by atoms with E-state index < -0.39 is 0 Å². The van der Waals surface area contributed by atoms with Crippen LogP contribution in [0.25, 0.3) is 0 Å². The van der Waals surface area contributed by atoms with Gasteiger partial charge in [-0.1, -0.05) is 31.5 Å². The Bertz CT molecular complexity index is 356. The van der Waals surface area contributed by atoms with Crippen molar-refractivity contribution in [2.75, 3.05) is 0 Å². The number of hydrogen-bond donors (Lipinski definition) is 1. The summed E-state index contributed by atoms with van der Waals surface area (Å²) in [6.45, 7) is 0. The summed E-state index contributed by atoms with van der Waals surface area (Å²) in [6.07, 6.45) is 8.75. The Morgan fingerprint density at radius 3 is 2.93 bits per heavy atom. The third kappa shape index (κ3) is 3.61. The number of hydrogen-bond acceptors (Lipinski definition) is 3. The van der Waals surface area contributed by atoms with Gasteiger partial charge in [0.15, 0.2) is 0 Å². The van der Waals surface area contributed by atoms with Crippen LogP contribution in [-0.4, -0.2) is 15.2 Å². The highest BCUT2D eigenvalue weighted by molar-refractivity contribution is 7.99. The van der Waals surface area contributed by atoms with E-state index in [1.807, 2.05) is 17.8 Å². The topological polar surface area (TPSA) is 28.7 Å². The van der Waals surface area contributed by atoms with Crippen LogP contribution >= 0.6 is 24.0 Å². The SMILES string of the molecule is S=c1ccnc(CSC2CCCCC2)[nH]1. The van der Waals surface area contributed by atoms with E-state index in [2.05, 4.69) is 9.97 Å². The summed E-state index contributed by atoms with van der Waals surface area (Å²) in [4.78, 5) is 7.41. The maximum atomic E-state index is 5.07. The van der Waals surface area contributed by atoms with Crippen molar-refractivity contribution in [3.63, 3.8) is 0 Å². The normalized spacial score (nSPS) is 17.9. The monoisotopic (exact) mass is 240 g/mol. The Balaban J connectivity index is 1.84. The predicted molar refractivity (Wildman–Crippen MR) is 67.6 cm³/mol. The third-order valence-electron chi connectivity index (χ3n) is 2.73. The average molecular weight is 240 g/mol. The van der Waals surface area contributed by atoms with Crippen molar-refractivity contribution in [3.8, 4) is 0 Å².